The largest absolute Gasteiger partial charge is 0.452 e. The normalized spacial score (nSPS) is 35.0. The SMILES string of the molecule is C=C(C)C(O)CC[C@@]1(C)/C=C/[C@@H](OC(=O)C=C(C)C)[C@]2(C)O[C@H]2CC/C(CO)=C/C1. The van der Waals surface area contributed by atoms with Crippen LogP contribution < -0.4 is 0 Å². The predicted molar refractivity (Wildman–Crippen MR) is 119 cm³/mol. The van der Waals surface area contributed by atoms with Gasteiger partial charge < -0.3 is 19.7 Å². The van der Waals surface area contributed by atoms with Crippen molar-refractivity contribution < 1.29 is 24.5 Å². The maximum Gasteiger partial charge on any atom is 0.331 e. The first kappa shape index (κ1) is 24.6. The molecule has 0 aromatic heterocycles. The van der Waals surface area contributed by atoms with E-state index in [1.165, 1.54) is 6.08 Å². The van der Waals surface area contributed by atoms with E-state index in [1.54, 1.807) is 0 Å². The van der Waals surface area contributed by atoms with Crippen molar-refractivity contribution in [2.24, 2.45) is 5.41 Å². The summed E-state index contributed by atoms with van der Waals surface area (Å²) in [6.07, 6.45) is 10.2. The molecule has 0 saturated carbocycles. The van der Waals surface area contributed by atoms with Gasteiger partial charge in [-0.25, -0.2) is 4.79 Å². The molecule has 1 fully saturated rings. The van der Waals surface area contributed by atoms with Gasteiger partial charge >= 0.3 is 5.97 Å². The molecule has 1 unspecified atom stereocenters. The van der Waals surface area contributed by atoms with Gasteiger partial charge in [0.05, 0.1) is 18.8 Å². The molecule has 1 aliphatic carbocycles. The Hall–Kier alpha value is -1.69. The summed E-state index contributed by atoms with van der Waals surface area (Å²) in [5.74, 6) is -0.372. The number of ether oxygens (including phenoxy) is 2. The third kappa shape index (κ3) is 6.66. The molecule has 1 saturated heterocycles. The molecule has 0 aromatic rings. The fraction of sp³-hybridized carbons (Fsp3) is 0.640. The minimum absolute atomic E-state index is 0.0174. The highest BCUT2D eigenvalue weighted by atomic mass is 16.6. The number of esters is 1. The Kier molecular flexibility index (Phi) is 8.26. The maximum absolute atomic E-state index is 12.3. The Labute approximate surface area is 181 Å². The zero-order chi connectivity index (χ0) is 22.5. The van der Waals surface area contributed by atoms with Gasteiger partial charge in [-0.2, -0.15) is 0 Å². The molecule has 0 bridgehead atoms. The minimum Gasteiger partial charge on any atom is -0.452 e. The molecule has 2 aliphatic rings. The van der Waals surface area contributed by atoms with Gasteiger partial charge in [0.2, 0.25) is 0 Å². The van der Waals surface area contributed by atoms with E-state index in [1.807, 2.05) is 33.8 Å². The fourth-order valence-corrected chi connectivity index (χ4v) is 3.84. The topological polar surface area (TPSA) is 79.3 Å². The third-order valence-electron chi connectivity index (χ3n) is 6.21. The second-order valence-corrected chi connectivity index (χ2v) is 9.55. The summed E-state index contributed by atoms with van der Waals surface area (Å²) in [4.78, 5) is 12.3. The average Bonchev–Trinajstić information content (AvgIpc) is 3.33. The van der Waals surface area contributed by atoms with Crippen LogP contribution in [0.1, 0.15) is 66.7 Å². The van der Waals surface area contributed by atoms with Crippen molar-refractivity contribution in [3.8, 4) is 0 Å². The standard InChI is InChI=1S/C25H38O5/c1-17(2)15-23(28)29-21-11-14-24(5,13-10-20(27)18(3)4)12-9-19(16-26)7-8-22-25(21,6)30-22/h9,11,14-15,20-22,26-27H,3,7-8,10,12-13,16H2,1-2,4-6H3/b14-11+,19-9-/t20?,21-,22+,24+,25+/m1/s1. The van der Waals surface area contributed by atoms with E-state index in [-0.39, 0.29) is 24.1 Å². The molecule has 0 radical (unpaired) electrons. The van der Waals surface area contributed by atoms with E-state index < -0.39 is 17.8 Å². The van der Waals surface area contributed by atoms with Gasteiger partial charge in [-0.05, 0) is 76.9 Å². The lowest BCUT2D eigenvalue weighted by molar-refractivity contribution is -0.143. The first-order valence-corrected chi connectivity index (χ1v) is 10.8. The number of allylic oxidation sites excluding steroid dienone is 3. The predicted octanol–water partition coefficient (Wildman–Crippen LogP) is 4.40. The summed E-state index contributed by atoms with van der Waals surface area (Å²) in [6.45, 7) is 13.5. The molecular weight excluding hydrogens is 380 g/mol. The van der Waals surface area contributed by atoms with Crippen LogP contribution in [0.3, 0.4) is 0 Å². The molecule has 1 heterocycles. The number of epoxide rings is 1. The van der Waals surface area contributed by atoms with Crippen LogP contribution in [0.4, 0.5) is 0 Å². The summed E-state index contributed by atoms with van der Waals surface area (Å²) in [7, 11) is 0. The van der Waals surface area contributed by atoms with E-state index in [2.05, 4.69) is 25.7 Å². The summed E-state index contributed by atoms with van der Waals surface area (Å²) in [5.41, 5.74) is 1.80. The Balaban J connectivity index is 2.30. The summed E-state index contributed by atoms with van der Waals surface area (Å²) in [6, 6.07) is 0. The van der Waals surface area contributed by atoms with Crippen LogP contribution in [0.5, 0.6) is 0 Å². The van der Waals surface area contributed by atoms with Gasteiger partial charge in [0.25, 0.3) is 0 Å². The Morgan fingerprint density at radius 3 is 2.70 bits per heavy atom. The molecular formula is C25H38O5. The van der Waals surface area contributed by atoms with Gasteiger partial charge in [-0.1, -0.05) is 36.8 Å². The lowest BCUT2D eigenvalue weighted by Crippen LogP contribution is -2.32. The smallest absolute Gasteiger partial charge is 0.331 e. The number of carbonyl (C=O) groups excluding carboxylic acids is 1. The van der Waals surface area contributed by atoms with E-state index in [0.29, 0.717) is 6.42 Å². The zero-order valence-electron chi connectivity index (χ0n) is 19.1. The van der Waals surface area contributed by atoms with Crippen LogP contribution in [-0.4, -0.2) is 46.7 Å². The van der Waals surface area contributed by atoms with E-state index in [4.69, 9.17) is 9.47 Å². The lowest BCUT2D eigenvalue weighted by atomic mass is 9.79. The highest BCUT2D eigenvalue weighted by Crippen LogP contribution is 2.45. The number of carbonyl (C=O) groups is 1. The molecule has 5 heteroatoms. The molecule has 0 spiro atoms. The van der Waals surface area contributed by atoms with Gasteiger partial charge in [-0.15, -0.1) is 0 Å². The minimum atomic E-state index is -0.565. The first-order valence-electron chi connectivity index (χ1n) is 10.8. The number of aliphatic hydroxyl groups is 2. The Morgan fingerprint density at radius 2 is 2.10 bits per heavy atom. The van der Waals surface area contributed by atoms with Crippen LogP contribution in [-0.2, 0) is 14.3 Å². The van der Waals surface area contributed by atoms with Crippen molar-refractivity contribution in [1.29, 1.82) is 0 Å². The van der Waals surface area contributed by atoms with E-state index >= 15 is 0 Å². The summed E-state index contributed by atoms with van der Waals surface area (Å²) in [5, 5.41) is 20.0. The van der Waals surface area contributed by atoms with Crippen LogP contribution in [0.2, 0.25) is 0 Å². The van der Waals surface area contributed by atoms with E-state index in [0.717, 1.165) is 42.4 Å². The molecule has 0 aromatic carbocycles. The van der Waals surface area contributed by atoms with Crippen molar-refractivity contribution >= 4 is 5.97 Å². The number of hydrogen-bond donors (Lipinski definition) is 2. The van der Waals surface area contributed by atoms with Crippen molar-refractivity contribution in [3.05, 3.63) is 47.6 Å². The average molecular weight is 419 g/mol. The molecule has 2 rings (SSSR count). The first-order chi connectivity index (χ1) is 14.0. The Morgan fingerprint density at radius 1 is 1.40 bits per heavy atom. The molecule has 0 amide bonds. The zero-order valence-corrected chi connectivity index (χ0v) is 19.1. The van der Waals surface area contributed by atoms with Crippen LogP contribution >= 0.6 is 0 Å². The number of hydrogen-bond acceptors (Lipinski definition) is 5. The fourth-order valence-electron chi connectivity index (χ4n) is 3.84. The second-order valence-electron chi connectivity index (χ2n) is 9.55. The Bertz CT molecular complexity index is 730. The van der Waals surface area contributed by atoms with Crippen LogP contribution in [0, 0.1) is 5.41 Å². The van der Waals surface area contributed by atoms with Crippen molar-refractivity contribution in [3.63, 3.8) is 0 Å². The van der Waals surface area contributed by atoms with Crippen molar-refractivity contribution in [2.45, 2.75) is 90.6 Å². The molecule has 168 valence electrons. The van der Waals surface area contributed by atoms with E-state index in [9.17, 15) is 15.0 Å². The van der Waals surface area contributed by atoms with Gasteiger partial charge in [0, 0.05) is 6.08 Å². The monoisotopic (exact) mass is 418 g/mol. The highest BCUT2D eigenvalue weighted by Gasteiger charge is 2.58. The molecule has 2 N–H and O–H groups in total. The number of aliphatic hydroxyl groups excluding tert-OH is 2. The molecule has 5 atom stereocenters. The van der Waals surface area contributed by atoms with Gasteiger partial charge in [0.15, 0.2) is 6.10 Å². The molecule has 5 nitrogen and oxygen atoms in total. The number of fused-ring (bicyclic) bond motifs is 1. The third-order valence-corrected chi connectivity index (χ3v) is 6.21. The highest BCUT2D eigenvalue weighted by molar-refractivity contribution is 5.83. The summed E-state index contributed by atoms with van der Waals surface area (Å²) >= 11 is 0. The van der Waals surface area contributed by atoms with Gasteiger partial charge in [0.1, 0.15) is 5.60 Å². The van der Waals surface area contributed by atoms with Crippen LogP contribution in [0.25, 0.3) is 0 Å². The summed E-state index contributed by atoms with van der Waals surface area (Å²) < 4.78 is 11.8. The molecule has 1 aliphatic heterocycles. The van der Waals surface area contributed by atoms with Gasteiger partial charge in [-0.3, -0.25) is 0 Å². The van der Waals surface area contributed by atoms with Crippen molar-refractivity contribution in [1.82, 2.24) is 0 Å². The van der Waals surface area contributed by atoms with Crippen molar-refractivity contribution in [2.75, 3.05) is 6.61 Å². The van der Waals surface area contributed by atoms with Crippen LogP contribution in [0.15, 0.2) is 47.6 Å². The maximum atomic E-state index is 12.3. The second kappa shape index (κ2) is 10.1. The quantitative estimate of drug-likeness (QED) is 0.277. The number of rotatable bonds is 7. The molecule has 30 heavy (non-hydrogen) atoms. The lowest BCUT2D eigenvalue weighted by Gasteiger charge is -2.28.